The summed E-state index contributed by atoms with van der Waals surface area (Å²) in [5.74, 6) is 0. The monoisotopic (exact) mass is 310 g/mol. The summed E-state index contributed by atoms with van der Waals surface area (Å²) in [6.45, 7) is 0. The average Bonchev–Trinajstić information content (AvgIpc) is 2.01. The molecule has 0 aromatic rings. The van der Waals surface area contributed by atoms with Gasteiger partial charge in [0.05, 0.1) is 0 Å². The van der Waals surface area contributed by atoms with Crippen molar-refractivity contribution in [1.82, 2.24) is 8.01 Å². The van der Waals surface area contributed by atoms with E-state index in [2.05, 4.69) is 52.0 Å². The highest BCUT2D eigenvalue weighted by molar-refractivity contribution is 14.1. The number of nitrogens with zero attached hydrogens (tertiary/aromatic N) is 2. The molecule has 0 radical (unpaired) electrons. The summed E-state index contributed by atoms with van der Waals surface area (Å²) in [7, 11) is 6.64. The molecule has 0 amide bonds. The van der Waals surface area contributed by atoms with Crippen molar-refractivity contribution < 1.29 is 0 Å². The minimum absolute atomic E-state index is 0.804. The van der Waals surface area contributed by atoms with Crippen LogP contribution in [0.2, 0.25) is 0 Å². The zero-order valence-electron chi connectivity index (χ0n) is 9.67. The SMILES string of the molecule is CN(C)C1CCCCC(N(C)I)CC1. The quantitative estimate of drug-likeness (QED) is 0.571. The molecule has 0 aliphatic heterocycles. The fraction of sp³-hybridized carbons (Fsp3) is 1.00. The van der Waals surface area contributed by atoms with Gasteiger partial charge < -0.3 is 4.90 Å². The van der Waals surface area contributed by atoms with Gasteiger partial charge in [0.1, 0.15) is 0 Å². The van der Waals surface area contributed by atoms with Gasteiger partial charge in [-0.15, -0.1) is 0 Å². The van der Waals surface area contributed by atoms with Crippen LogP contribution < -0.4 is 0 Å². The van der Waals surface area contributed by atoms with Crippen LogP contribution in [-0.4, -0.2) is 41.2 Å². The fourth-order valence-electron chi connectivity index (χ4n) is 2.31. The van der Waals surface area contributed by atoms with Gasteiger partial charge in [-0.2, -0.15) is 0 Å². The summed E-state index contributed by atoms with van der Waals surface area (Å²) in [5.41, 5.74) is 0. The Kier molecular flexibility index (Phi) is 5.71. The van der Waals surface area contributed by atoms with Gasteiger partial charge in [0.25, 0.3) is 0 Å². The summed E-state index contributed by atoms with van der Waals surface area (Å²) >= 11 is 2.44. The molecule has 0 saturated heterocycles. The molecule has 84 valence electrons. The van der Waals surface area contributed by atoms with E-state index in [0.29, 0.717) is 0 Å². The van der Waals surface area contributed by atoms with Gasteiger partial charge >= 0.3 is 0 Å². The van der Waals surface area contributed by atoms with Crippen LogP contribution in [0.25, 0.3) is 0 Å². The first-order chi connectivity index (χ1) is 6.61. The topological polar surface area (TPSA) is 6.48 Å². The van der Waals surface area contributed by atoms with E-state index in [1.165, 1.54) is 38.5 Å². The first kappa shape index (κ1) is 12.7. The third-order valence-corrected chi connectivity index (χ3v) is 4.18. The lowest BCUT2D eigenvalue weighted by Crippen LogP contribution is -2.33. The zero-order chi connectivity index (χ0) is 10.6. The minimum Gasteiger partial charge on any atom is -0.306 e. The second-order valence-electron chi connectivity index (χ2n) is 4.66. The molecule has 1 aliphatic rings. The lowest BCUT2D eigenvalue weighted by Gasteiger charge is -2.31. The van der Waals surface area contributed by atoms with Crippen molar-refractivity contribution in [1.29, 1.82) is 0 Å². The molecule has 0 heterocycles. The molecule has 1 saturated carbocycles. The van der Waals surface area contributed by atoms with Gasteiger partial charge in [-0.25, -0.2) is 3.11 Å². The van der Waals surface area contributed by atoms with Gasteiger partial charge in [-0.1, -0.05) is 12.8 Å². The number of rotatable bonds is 2. The van der Waals surface area contributed by atoms with Crippen molar-refractivity contribution in [3.8, 4) is 0 Å². The van der Waals surface area contributed by atoms with Crippen LogP contribution in [0.4, 0.5) is 0 Å². The molecule has 0 bridgehead atoms. The van der Waals surface area contributed by atoms with E-state index in [0.717, 1.165) is 12.1 Å². The van der Waals surface area contributed by atoms with Crippen molar-refractivity contribution >= 4 is 22.9 Å². The predicted octanol–water partition coefficient (Wildman–Crippen LogP) is 2.92. The average molecular weight is 310 g/mol. The van der Waals surface area contributed by atoms with Gasteiger partial charge in [0, 0.05) is 34.9 Å². The van der Waals surface area contributed by atoms with Crippen molar-refractivity contribution in [3.63, 3.8) is 0 Å². The number of hydrogen-bond acceptors (Lipinski definition) is 2. The highest BCUT2D eigenvalue weighted by Gasteiger charge is 2.19. The maximum absolute atomic E-state index is 2.44. The van der Waals surface area contributed by atoms with E-state index in [4.69, 9.17) is 0 Å². The van der Waals surface area contributed by atoms with Gasteiger partial charge in [-0.3, -0.25) is 0 Å². The van der Waals surface area contributed by atoms with Crippen LogP contribution in [0.5, 0.6) is 0 Å². The van der Waals surface area contributed by atoms with E-state index in [-0.39, 0.29) is 0 Å². The lowest BCUT2D eigenvalue weighted by molar-refractivity contribution is 0.218. The zero-order valence-corrected chi connectivity index (χ0v) is 11.8. The van der Waals surface area contributed by atoms with Crippen LogP contribution >= 0.6 is 22.9 Å². The molecule has 0 aromatic carbocycles. The highest BCUT2D eigenvalue weighted by Crippen LogP contribution is 2.24. The first-order valence-electron chi connectivity index (χ1n) is 5.66. The molecule has 14 heavy (non-hydrogen) atoms. The lowest BCUT2D eigenvalue weighted by atomic mass is 9.93. The Labute approximate surface area is 103 Å². The van der Waals surface area contributed by atoms with Gasteiger partial charge in [0.15, 0.2) is 0 Å². The van der Waals surface area contributed by atoms with Crippen LogP contribution in [0.1, 0.15) is 38.5 Å². The van der Waals surface area contributed by atoms with Crippen LogP contribution in [0.15, 0.2) is 0 Å². The Hall–Kier alpha value is 0.650. The minimum atomic E-state index is 0.804. The summed E-state index contributed by atoms with van der Waals surface area (Å²) < 4.78 is 2.37. The molecule has 3 heteroatoms. The molecule has 0 N–H and O–H groups in total. The molecule has 1 fully saturated rings. The van der Waals surface area contributed by atoms with Gasteiger partial charge in [-0.05, 0) is 46.8 Å². The largest absolute Gasteiger partial charge is 0.306 e. The molecule has 0 aromatic heterocycles. The summed E-state index contributed by atoms with van der Waals surface area (Å²) in [4.78, 5) is 2.40. The molecular weight excluding hydrogens is 287 g/mol. The van der Waals surface area contributed by atoms with E-state index in [1.54, 1.807) is 0 Å². The molecule has 0 spiro atoms. The van der Waals surface area contributed by atoms with Crippen LogP contribution in [-0.2, 0) is 0 Å². The van der Waals surface area contributed by atoms with Crippen LogP contribution in [0.3, 0.4) is 0 Å². The summed E-state index contributed by atoms with van der Waals surface area (Å²) in [5, 5.41) is 0. The van der Waals surface area contributed by atoms with Gasteiger partial charge in [0.2, 0.25) is 0 Å². The van der Waals surface area contributed by atoms with E-state index in [9.17, 15) is 0 Å². The predicted molar refractivity (Wildman–Crippen MR) is 70.7 cm³/mol. The van der Waals surface area contributed by atoms with E-state index >= 15 is 0 Å². The number of hydrogen-bond donors (Lipinski definition) is 0. The number of halogens is 1. The van der Waals surface area contributed by atoms with Crippen molar-refractivity contribution in [2.45, 2.75) is 50.6 Å². The molecular formula is C11H23IN2. The molecule has 2 nitrogen and oxygen atoms in total. The van der Waals surface area contributed by atoms with E-state index < -0.39 is 0 Å². The van der Waals surface area contributed by atoms with Crippen molar-refractivity contribution in [2.24, 2.45) is 0 Å². The van der Waals surface area contributed by atoms with Crippen molar-refractivity contribution in [3.05, 3.63) is 0 Å². The Morgan fingerprint density at radius 1 is 0.857 bits per heavy atom. The second kappa shape index (κ2) is 6.28. The Morgan fingerprint density at radius 3 is 1.86 bits per heavy atom. The molecule has 2 unspecified atom stereocenters. The molecule has 2 atom stereocenters. The second-order valence-corrected chi connectivity index (χ2v) is 6.18. The fourth-order valence-corrected chi connectivity index (χ4v) is 2.86. The van der Waals surface area contributed by atoms with Crippen LogP contribution in [0, 0.1) is 0 Å². The third-order valence-electron chi connectivity index (χ3n) is 3.39. The van der Waals surface area contributed by atoms with Crippen molar-refractivity contribution in [2.75, 3.05) is 21.1 Å². The first-order valence-corrected chi connectivity index (χ1v) is 6.62. The molecule has 1 rings (SSSR count). The smallest absolute Gasteiger partial charge is 0.0201 e. The Morgan fingerprint density at radius 2 is 1.36 bits per heavy atom. The highest BCUT2D eigenvalue weighted by atomic mass is 127. The molecule has 1 aliphatic carbocycles. The standard InChI is InChI=1S/C11H23IN2/c1-13(2)10-6-4-5-7-11(9-8-10)14(3)12/h10-11H,4-9H2,1-3H3. The maximum atomic E-state index is 2.44. The Bertz CT molecular complexity index is 141. The third kappa shape index (κ3) is 4.03. The Balaban J connectivity index is 2.42. The maximum Gasteiger partial charge on any atom is 0.0201 e. The normalized spacial score (nSPS) is 30.4. The van der Waals surface area contributed by atoms with E-state index in [1.807, 2.05) is 0 Å². The summed E-state index contributed by atoms with van der Waals surface area (Å²) in [6, 6.07) is 1.62. The summed E-state index contributed by atoms with van der Waals surface area (Å²) in [6.07, 6.45) is 8.32.